The summed E-state index contributed by atoms with van der Waals surface area (Å²) in [5, 5.41) is 9.73. The molecular weight excluding hydrogens is 440 g/mol. The number of para-hydroxylation sites is 1. The van der Waals surface area contributed by atoms with Crippen LogP contribution in [0.3, 0.4) is 0 Å². The van der Waals surface area contributed by atoms with Gasteiger partial charge in [-0.05, 0) is 56.0 Å². The molecule has 0 saturated carbocycles. The van der Waals surface area contributed by atoms with Gasteiger partial charge in [0.2, 0.25) is 11.9 Å². The topological polar surface area (TPSA) is 104 Å². The highest BCUT2D eigenvalue weighted by molar-refractivity contribution is 6.30. The fourth-order valence-corrected chi connectivity index (χ4v) is 3.79. The van der Waals surface area contributed by atoms with E-state index < -0.39 is 0 Å². The number of hydrogen-bond acceptors (Lipinski definition) is 5. The zero-order valence-corrected chi connectivity index (χ0v) is 19.5. The van der Waals surface area contributed by atoms with Crippen molar-refractivity contribution in [3.63, 3.8) is 0 Å². The van der Waals surface area contributed by atoms with Crippen LogP contribution in [0.4, 0.5) is 11.6 Å². The minimum absolute atomic E-state index is 0.147. The van der Waals surface area contributed by atoms with Crippen LogP contribution in [0.2, 0.25) is 5.02 Å². The maximum absolute atomic E-state index is 13.0. The average Bonchev–Trinajstić information content (AvgIpc) is 3.19. The summed E-state index contributed by atoms with van der Waals surface area (Å²) in [6.45, 7) is 6.17. The third-order valence-electron chi connectivity index (χ3n) is 5.52. The van der Waals surface area contributed by atoms with Gasteiger partial charge in [0.1, 0.15) is 0 Å². The molecule has 0 atom stereocenters. The van der Waals surface area contributed by atoms with Gasteiger partial charge < -0.3 is 10.6 Å². The summed E-state index contributed by atoms with van der Waals surface area (Å²) >= 11 is 5.92. The first kappa shape index (κ1) is 22.5. The monoisotopic (exact) mass is 464 g/mol. The number of fused-ring (bicyclic) bond motifs is 1. The third-order valence-corrected chi connectivity index (χ3v) is 5.77. The fourth-order valence-electron chi connectivity index (χ4n) is 3.66. The molecule has 2 aromatic heterocycles. The predicted molar refractivity (Wildman–Crippen MR) is 130 cm³/mol. The van der Waals surface area contributed by atoms with E-state index in [1.165, 1.54) is 4.52 Å². The number of aryl methyl sites for hydroxylation is 3. The highest BCUT2D eigenvalue weighted by Crippen LogP contribution is 2.20. The molecule has 4 aromatic rings. The summed E-state index contributed by atoms with van der Waals surface area (Å²) in [5.74, 6) is 0.560. The minimum atomic E-state index is -0.260. The molecule has 9 heteroatoms. The van der Waals surface area contributed by atoms with Gasteiger partial charge >= 0.3 is 0 Å². The Morgan fingerprint density at radius 3 is 2.45 bits per heavy atom. The quantitative estimate of drug-likeness (QED) is 0.380. The van der Waals surface area contributed by atoms with E-state index in [4.69, 9.17) is 11.6 Å². The Bertz CT molecular complexity index is 1350. The second-order valence-corrected chi connectivity index (χ2v) is 8.42. The Labute approximate surface area is 196 Å². The average molecular weight is 465 g/mol. The Kier molecular flexibility index (Phi) is 6.46. The Hall–Kier alpha value is -3.65. The maximum Gasteiger partial charge on any atom is 0.277 e. The summed E-state index contributed by atoms with van der Waals surface area (Å²) < 4.78 is 1.30. The maximum atomic E-state index is 13.0. The molecule has 0 unspecified atom stereocenters. The summed E-state index contributed by atoms with van der Waals surface area (Å²) in [7, 11) is 0. The van der Waals surface area contributed by atoms with Crippen molar-refractivity contribution >= 4 is 34.9 Å². The zero-order valence-electron chi connectivity index (χ0n) is 18.7. The molecule has 2 heterocycles. The lowest BCUT2D eigenvalue weighted by Gasteiger charge is -2.11. The number of aromatic nitrogens is 4. The molecule has 3 N–H and O–H groups in total. The van der Waals surface area contributed by atoms with Crippen molar-refractivity contribution in [1.29, 1.82) is 0 Å². The van der Waals surface area contributed by atoms with Crippen LogP contribution in [0.5, 0.6) is 0 Å². The number of H-pyrrole nitrogens is 1. The molecule has 0 fully saturated rings. The molecule has 1 amide bonds. The van der Waals surface area contributed by atoms with Crippen LogP contribution in [-0.2, 0) is 17.8 Å². The van der Waals surface area contributed by atoms with Gasteiger partial charge in [-0.3, -0.25) is 14.7 Å². The number of hydrogen-bond donors (Lipinski definition) is 3. The van der Waals surface area contributed by atoms with E-state index in [9.17, 15) is 9.59 Å². The summed E-state index contributed by atoms with van der Waals surface area (Å²) in [4.78, 5) is 34.4. The van der Waals surface area contributed by atoms with Crippen molar-refractivity contribution in [1.82, 2.24) is 19.6 Å². The number of anilines is 2. The van der Waals surface area contributed by atoms with Gasteiger partial charge in [-0.15, -0.1) is 0 Å². The van der Waals surface area contributed by atoms with Crippen LogP contribution in [0.25, 0.3) is 5.78 Å². The summed E-state index contributed by atoms with van der Waals surface area (Å²) in [5.41, 5.74) is 4.62. The van der Waals surface area contributed by atoms with Gasteiger partial charge in [-0.25, -0.2) is 4.98 Å². The number of carbonyl (C=O) groups excluding carboxylic acids is 1. The second-order valence-electron chi connectivity index (χ2n) is 7.98. The van der Waals surface area contributed by atoms with E-state index in [1.54, 1.807) is 6.92 Å². The number of aromatic amines is 1. The van der Waals surface area contributed by atoms with Crippen LogP contribution in [0.1, 0.15) is 34.4 Å². The van der Waals surface area contributed by atoms with E-state index in [-0.39, 0.29) is 30.1 Å². The smallest absolute Gasteiger partial charge is 0.277 e. The first-order valence-electron chi connectivity index (χ1n) is 10.6. The van der Waals surface area contributed by atoms with Gasteiger partial charge in [0.25, 0.3) is 11.3 Å². The van der Waals surface area contributed by atoms with Crippen LogP contribution >= 0.6 is 11.6 Å². The van der Waals surface area contributed by atoms with Crippen molar-refractivity contribution in [3.05, 3.63) is 85.8 Å². The van der Waals surface area contributed by atoms with Crippen LogP contribution in [-0.4, -0.2) is 25.5 Å². The fraction of sp³-hybridized carbons (Fsp3) is 0.250. The van der Waals surface area contributed by atoms with Crippen molar-refractivity contribution in [2.75, 3.05) is 10.6 Å². The van der Waals surface area contributed by atoms with E-state index in [2.05, 4.69) is 25.7 Å². The van der Waals surface area contributed by atoms with Crippen molar-refractivity contribution < 1.29 is 4.79 Å². The first-order chi connectivity index (χ1) is 15.8. The van der Waals surface area contributed by atoms with Gasteiger partial charge in [-0.1, -0.05) is 41.9 Å². The van der Waals surface area contributed by atoms with Crippen molar-refractivity contribution in [2.24, 2.45) is 0 Å². The molecule has 170 valence electrons. The number of nitrogens with zero attached hydrogens (tertiary/aromatic N) is 3. The molecular formula is C24H25ClN6O2. The number of benzene rings is 2. The number of carbonyl (C=O) groups is 1. The normalized spacial score (nSPS) is 11.0. The molecule has 0 spiro atoms. The second kappa shape index (κ2) is 9.46. The molecule has 0 bridgehead atoms. The SMILES string of the molecule is Cc1cccc(C)c1NC(=O)CCc1c(C)nc2nc(NCc3ccc(Cl)cc3)[nH]n2c1=O. The minimum Gasteiger partial charge on any atom is -0.351 e. The summed E-state index contributed by atoms with van der Waals surface area (Å²) in [6.07, 6.45) is 0.456. The number of amides is 1. The van der Waals surface area contributed by atoms with E-state index >= 15 is 0 Å². The van der Waals surface area contributed by atoms with E-state index in [1.807, 2.05) is 56.3 Å². The molecule has 4 rings (SSSR count). The Balaban J connectivity index is 1.47. The molecule has 0 aliphatic rings. The standard InChI is InChI=1S/C24H25ClN6O2/c1-14-5-4-6-15(2)21(14)28-20(32)12-11-19-16(3)27-24-29-23(30-31(24)22(19)33)26-13-17-7-9-18(25)10-8-17/h4-10H,11-13H2,1-3H3,(H,28,32)(H2,26,27,29,30). The van der Waals surface area contributed by atoms with Crippen LogP contribution in [0.15, 0.2) is 47.3 Å². The van der Waals surface area contributed by atoms with Crippen LogP contribution in [0, 0.1) is 20.8 Å². The van der Waals surface area contributed by atoms with E-state index in [0.29, 0.717) is 28.8 Å². The molecule has 0 radical (unpaired) electrons. The van der Waals surface area contributed by atoms with E-state index in [0.717, 1.165) is 22.4 Å². The number of nitrogens with one attached hydrogen (secondary N) is 3. The van der Waals surface area contributed by atoms with Gasteiger partial charge in [0, 0.05) is 29.2 Å². The Morgan fingerprint density at radius 1 is 1.06 bits per heavy atom. The van der Waals surface area contributed by atoms with Gasteiger partial charge in [-0.2, -0.15) is 9.50 Å². The molecule has 0 aliphatic carbocycles. The number of halogens is 1. The molecule has 8 nitrogen and oxygen atoms in total. The zero-order chi connectivity index (χ0) is 23.5. The van der Waals surface area contributed by atoms with Gasteiger partial charge in [0.05, 0.1) is 5.69 Å². The lowest BCUT2D eigenvalue weighted by molar-refractivity contribution is -0.116. The summed E-state index contributed by atoms with van der Waals surface area (Å²) in [6, 6.07) is 13.3. The molecule has 0 saturated heterocycles. The molecule has 33 heavy (non-hydrogen) atoms. The molecule has 0 aliphatic heterocycles. The number of rotatable bonds is 7. The Morgan fingerprint density at radius 2 is 1.76 bits per heavy atom. The molecule has 2 aromatic carbocycles. The highest BCUT2D eigenvalue weighted by Gasteiger charge is 2.15. The highest BCUT2D eigenvalue weighted by atomic mass is 35.5. The lowest BCUT2D eigenvalue weighted by atomic mass is 10.1. The van der Waals surface area contributed by atoms with Crippen molar-refractivity contribution in [3.8, 4) is 0 Å². The lowest BCUT2D eigenvalue weighted by Crippen LogP contribution is -2.24. The van der Waals surface area contributed by atoms with Crippen molar-refractivity contribution in [2.45, 2.75) is 40.2 Å². The largest absolute Gasteiger partial charge is 0.351 e. The van der Waals surface area contributed by atoms with Crippen LogP contribution < -0.4 is 16.2 Å². The van der Waals surface area contributed by atoms with Gasteiger partial charge in [0.15, 0.2) is 0 Å². The first-order valence-corrected chi connectivity index (χ1v) is 11.0. The predicted octanol–water partition coefficient (Wildman–Crippen LogP) is 4.18. The third kappa shape index (κ3) is 5.06.